The summed E-state index contributed by atoms with van der Waals surface area (Å²) in [5, 5.41) is 4.84. The Morgan fingerprint density at radius 1 is 1.50 bits per heavy atom. The van der Waals surface area contributed by atoms with Crippen LogP contribution in [0.5, 0.6) is 0 Å². The molecule has 0 radical (unpaired) electrons. The molecular formula is C13H17N5OS. The van der Waals surface area contributed by atoms with Gasteiger partial charge in [0.25, 0.3) is 0 Å². The van der Waals surface area contributed by atoms with E-state index in [0.29, 0.717) is 17.4 Å². The number of nitrogens with zero attached hydrogens (tertiary/aromatic N) is 4. The van der Waals surface area contributed by atoms with Gasteiger partial charge in [0.2, 0.25) is 0 Å². The van der Waals surface area contributed by atoms with Gasteiger partial charge in [-0.3, -0.25) is 0 Å². The summed E-state index contributed by atoms with van der Waals surface area (Å²) >= 11 is 1.42. The van der Waals surface area contributed by atoms with Crippen LogP contribution in [-0.2, 0) is 4.74 Å². The van der Waals surface area contributed by atoms with Crippen molar-refractivity contribution >= 4 is 22.6 Å². The molecular weight excluding hydrogens is 274 g/mol. The highest BCUT2D eigenvalue weighted by Gasteiger charge is 2.12. The molecule has 0 saturated carbocycles. The molecule has 0 aromatic carbocycles. The molecule has 0 unspecified atom stereocenters. The summed E-state index contributed by atoms with van der Waals surface area (Å²) in [6.07, 6.45) is 9.98. The zero-order chi connectivity index (χ0) is 14.5. The van der Waals surface area contributed by atoms with Crippen LogP contribution in [0.2, 0.25) is 0 Å². The maximum atomic E-state index is 5.74. The third kappa shape index (κ3) is 3.30. The van der Waals surface area contributed by atoms with E-state index < -0.39 is 0 Å². The fourth-order valence-electron chi connectivity index (χ4n) is 1.74. The topological polar surface area (TPSA) is 78.3 Å². The van der Waals surface area contributed by atoms with Crippen LogP contribution in [0.15, 0.2) is 41.0 Å². The van der Waals surface area contributed by atoms with Gasteiger partial charge in [0, 0.05) is 12.1 Å². The summed E-state index contributed by atoms with van der Waals surface area (Å²) in [5.41, 5.74) is 7.44. The maximum Gasteiger partial charge on any atom is 0.158 e. The molecule has 0 aliphatic heterocycles. The zero-order valence-electron chi connectivity index (χ0n) is 11.7. The van der Waals surface area contributed by atoms with Crippen LogP contribution < -0.4 is 5.73 Å². The molecule has 2 N–H and O–H groups in total. The molecule has 1 aromatic rings. The van der Waals surface area contributed by atoms with E-state index >= 15 is 0 Å². The monoisotopic (exact) mass is 291 g/mol. The second-order valence-electron chi connectivity index (χ2n) is 4.08. The number of rotatable bonds is 3. The SMILES string of the molecule is COC1=CCC(N=C(N)SC)=CC=C1n1cnc(C)n1. The third-order valence-corrected chi connectivity index (χ3v) is 3.23. The Balaban J connectivity index is 2.37. The minimum atomic E-state index is 0.539. The molecule has 0 spiro atoms. The van der Waals surface area contributed by atoms with Crippen molar-refractivity contribution in [3.05, 3.63) is 41.8 Å². The lowest BCUT2D eigenvalue weighted by molar-refractivity contribution is 0.305. The van der Waals surface area contributed by atoms with Gasteiger partial charge in [-0.25, -0.2) is 14.7 Å². The van der Waals surface area contributed by atoms with E-state index in [4.69, 9.17) is 10.5 Å². The summed E-state index contributed by atoms with van der Waals surface area (Å²) in [6.45, 7) is 1.84. The highest BCUT2D eigenvalue weighted by molar-refractivity contribution is 8.13. The lowest BCUT2D eigenvalue weighted by Crippen LogP contribution is -2.05. The second kappa shape index (κ2) is 6.42. The van der Waals surface area contributed by atoms with Crippen LogP contribution in [0.25, 0.3) is 5.70 Å². The van der Waals surface area contributed by atoms with Crippen LogP contribution in [-0.4, -0.2) is 33.3 Å². The van der Waals surface area contributed by atoms with Crippen molar-refractivity contribution in [2.24, 2.45) is 10.7 Å². The largest absolute Gasteiger partial charge is 0.495 e. The van der Waals surface area contributed by atoms with Gasteiger partial charge in [-0.2, -0.15) is 5.10 Å². The Hall–Kier alpha value is -2.02. The van der Waals surface area contributed by atoms with Gasteiger partial charge in [-0.1, -0.05) is 11.8 Å². The quantitative estimate of drug-likeness (QED) is 0.680. The summed E-state index contributed by atoms with van der Waals surface area (Å²) in [6, 6.07) is 0. The van der Waals surface area contributed by atoms with Gasteiger partial charge < -0.3 is 10.5 Å². The van der Waals surface area contributed by atoms with Gasteiger partial charge in [-0.15, -0.1) is 0 Å². The van der Waals surface area contributed by atoms with Crippen molar-refractivity contribution in [1.82, 2.24) is 14.8 Å². The van der Waals surface area contributed by atoms with Crippen molar-refractivity contribution in [3.8, 4) is 0 Å². The molecule has 2 rings (SSSR count). The van der Waals surface area contributed by atoms with E-state index in [0.717, 1.165) is 17.2 Å². The molecule has 1 aliphatic rings. The van der Waals surface area contributed by atoms with Crippen molar-refractivity contribution in [2.45, 2.75) is 13.3 Å². The Morgan fingerprint density at radius 2 is 2.30 bits per heavy atom. The van der Waals surface area contributed by atoms with Crippen molar-refractivity contribution in [3.63, 3.8) is 0 Å². The zero-order valence-corrected chi connectivity index (χ0v) is 12.5. The first-order valence-corrected chi connectivity index (χ1v) is 7.28. The molecule has 0 atom stereocenters. The molecule has 7 heteroatoms. The molecule has 0 fully saturated rings. The number of methoxy groups -OCH3 is 1. The van der Waals surface area contributed by atoms with Gasteiger partial charge >= 0.3 is 0 Å². The van der Waals surface area contributed by atoms with E-state index in [1.54, 1.807) is 18.1 Å². The molecule has 0 bridgehead atoms. The molecule has 1 aliphatic carbocycles. The predicted molar refractivity (Wildman–Crippen MR) is 82.0 cm³/mol. The molecule has 0 saturated heterocycles. The normalized spacial score (nSPS) is 16.1. The van der Waals surface area contributed by atoms with Gasteiger partial charge in [0.15, 0.2) is 5.17 Å². The Bertz CT molecular complexity index is 612. The minimum absolute atomic E-state index is 0.539. The Kier molecular flexibility index (Phi) is 4.62. The van der Waals surface area contributed by atoms with Crippen molar-refractivity contribution in [1.29, 1.82) is 0 Å². The number of thioether (sulfide) groups is 1. The van der Waals surface area contributed by atoms with E-state index in [-0.39, 0.29) is 0 Å². The van der Waals surface area contributed by atoms with E-state index in [1.165, 1.54) is 11.8 Å². The summed E-state index contributed by atoms with van der Waals surface area (Å²) in [5.74, 6) is 1.44. The first-order chi connectivity index (χ1) is 9.63. The number of amidine groups is 1. The Morgan fingerprint density at radius 3 is 2.90 bits per heavy atom. The first kappa shape index (κ1) is 14.4. The van der Waals surface area contributed by atoms with Crippen molar-refractivity contribution < 1.29 is 4.74 Å². The third-order valence-electron chi connectivity index (χ3n) is 2.72. The highest BCUT2D eigenvalue weighted by atomic mass is 32.2. The average Bonchev–Trinajstić information content (AvgIpc) is 2.77. The lowest BCUT2D eigenvalue weighted by atomic mass is 10.3. The van der Waals surface area contributed by atoms with Gasteiger partial charge in [0.05, 0.1) is 7.11 Å². The Labute approximate surface area is 122 Å². The lowest BCUT2D eigenvalue weighted by Gasteiger charge is -2.08. The smallest absolute Gasteiger partial charge is 0.158 e. The number of nitrogens with two attached hydrogens (primary N) is 1. The number of allylic oxidation sites excluding steroid dienone is 4. The van der Waals surface area contributed by atoms with Gasteiger partial charge in [0.1, 0.15) is 23.6 Å². The summed E-state index contributed by atoms with van der Waals surface area (Å²) in [7, 11) is 1.63. The molecule has 0 amide bonds. The van der Waals surface area contributed by atoms with Crippen LogP contribution >= 0.6 is 11.8 Å². The predicted octanol–water partition coefficient (Wildman–Crippen LogP) is 1.92. The molecule has 1 aromatic heterocycles. The fraction of sp³-hybridized carbons (Fsp3) is 0.308. The highest BCUT2D eigenvalue weighted by Crippen LogP contribution is 2.23. The molecule has 20 heavy (non-hydrogen) atoms. The number of aryl methyl sites for hydroxylation is 1. The van der Waals surface area contributed by atoms with E-state index in [2.05, 4.69) is 15.1 Å². The van der Waals surface area contributed by atoms with Crippen LogP contribution in [0.3, 0.4) is 0 Å². The minimum Gasteiger partial charge on any atom is -0.495 e. The average molecular weight is 291 g/mol. The fourth-order valence-corrected chi connectivity index (χ4v) is 1.94. The number of aromatic nitrogens is 3. The van der Waals surface area contributed by atoms with Crippen molar-refractivity contribution in [2.75, 3.05) is 13.4 Å². The number of ether oxygens (including phenoxy) is 1. The first-order valence-electron chi connectivity index (χ1n) is 6.06. The number of hydrogen-bond acceptors (Lipinski definition) is 5. The molecule has 1 heterocycles. The van der Waals surface area contributed by atoms with Crippen LogP contribution in [0.4, 0.5) is 0 Å². The molecule has 106 valence electrons. The summed E-state index contributed by atoms with van der Waals surface area (Å²) in [4.78, 5) is 8.47. The maximum absolute atomic E-state index is 5.74. The van der Waals surface area contributed by atoms with Crippen LogP contribution in [0, 0.1) is 6.92 Å². The summed E-state index contributed by atoms with van der Waals surface area (Å²) < 4.78 is 7.10. The van der Waals surface area contributed by atoms with Gasteiger partial charge in [-0.05, 0) is 31.4 Å². The van der Waals surface area contributed by atoms with E-state index in [9.17, 15) is 0 Å². The number of aliphatic imine (C=N–C) groups is 1. The number of hydrogen-bond donors (Lipinski definition) is 1. The second-order valence-corrected chi connectivity index (χ2v) is 4.90. The van der Waals surface area contributed by atoms with Crippen LogP contribution in [0.1, 0.15) is 12.2 Å². The standard InChI is InChI=1S/C13H17N5OS/c1-9-15-8-18(17-9)11-6-4-10(16-13(14)20-3)5-7-12(11)19-2/h4,6-8H,5H2,1-3H3,(H2,14,16). The molecule has 6 nitrogen and oxygen atoms in total. The van der Waals surface area contributed by atoms with E-state index in [1.807, 2.05) is 31.4 Å².